The maximum Gasteiger partial charge on any atom is 0.416 e. The third-order valence-electron chi connectivity index (χ3n) is 4.86. The van der Waals surface area contributed by atoms with Crippen molar-refractivity contribution in [1.82, 2.24) is 4.90 Å². The number of aliphatic hydroxyl groups is 1. The molecule has 152 valence electrons. The molecule has 3 rings (SSSR count). The molecule has 0 saturated carbocycles. The molecule has 1 aliphatic heterocycles. The average Bonchev–Trinajstić information content (AvgIpc) is 2.61. The van der Waals surface area contributed by atoms with Gasteiger partial charge in [0.05, 0.1) is 24.9 Å². The predicted octanol–water partition coefficient (Wildman–Crippen LogP) is 3.90. The number of ether oxygens (including phenoxy) is 1. The van der Waals surface area contributed by atoms with Crippen LogP contribution in [-0.2, 0) is 23.9 Å². The van der Waals surface area contributed by atoms with Gasteiger partial charge in [-0.25, -0.2) is 4.39 Å². The Morgan fingerprint density at radius 2 is 1.68 bits per heavy atom. The van der Waals surface area contributed by atoms with Crippen LogP contribution < -0.4 is 0 Å². The van der Waals surface area contributed by atoms with E-state index in [4.69, 9.17) is 4.74 Å². The maximum atomic E-state index is 13.5. The zero-order valence-electron chi connectivity index (χ0n) is 15.3. The SMILES string of the molecule is O[C@H](COCc1ccccc1F)CN1CC(Cc2ccccc2C(F)(F)F)C1. The summed E-state index contributed by atoms with van der Waals surface area (Å²) in [4.78, 5) is 1.98. The van der Waals surface area contributed by atoms with E-state index in [0.29, 0.717) is 37.2 Å². The molecular formula is C21H23F4NO2. The van der Waals surface area contributed by atoms with Crippen LogP contribution in [0.25, 0.3) is 0 Å². The van der Waals surface area contributed by atoms with Gasteiger partial charge < -0.3 is 14.7 Å². The van der Waals surface area contributed by atoms with Crippen molar-refractivity contribution in [2.75, 3.05) is 26.2 Å². The number of alkyl halides is 3. The number of aliphatic hydroxyl groups excluding tert-OH is 1. The van der Waals surface area contributed by atoms with Gasteiger partial charge in [0.15, 0.2) is 0 Å². The molecule has 28 heavy (non-hydrogen) atoms. The van der Waals surface area contributed by atoms with Gasteiger partial charge in [-0.3, -0.25) is 0 Å². The highest BCUT2D eigenvalue weighted by atomic mass is 19.4. The van der Waals surface area contributed by atoms with Crippen molar-refractivity contribution in [3.8, 4) is 0 Å². The molecule has 1 heterocycles. The molecule has 0 aliphatic carbocycles. The first-order valence-electron chi connectivity index (χ1n) is 9.19. The number of benzene rings is 2. The fourth-order valence-corrected chi connectivity index (χ4v) is 3.51. The lowest BCUT2D eigenvalue weighted by molar-refractivity contribution is -0.138. The average molecular weight is 397 g/mol. The van der Waals surface area contributed by atoms with Crippen LogP contribution in [0.3, 0.4) is 0 Å². The van der Waals surface area contributed by atoms with E-state index in [2.05, 4.69) is 0 Å². The maximum absolute atomic E-state index is 13.5. The first-order chi connectivity index (χ1) is 13.3. The third kappa shape index (κ3) is 5.53. The van der Waals surface area contributed by atoms with E-state index in [1.807, 2.05) is 4.90 Å². The quantitative estimate of drug-likeness (QED) is 0.686. The molecule has 0 unspecified atom stereocenters. The minimum atomic E-state index is -4.34. The van der Waals surface area contributed by atoms with Crippen LogP contribution in [-0.4, -0.2) is 42.4 Å². The van der Waals surface area contributed by atoms with Crippen LogP contribution in [0.2, 0.25) is 0 Å². The van der Waals surface area contributed by atoms with Gasteiger partial charge in [0, 0.05) is 25.2 Å². The van der Waals surface area contributed by atoms with Gasteiger partial charge in [0.2, 0.25) is 0 Å². The largest absolute Gasteiger partial charge is 0.416 e. The molecule has 0 spiro atoms. The summed E-state index contributed by atoms with van der Waals surface area (Å²) in [6.45, 7) is 1.81. The molecule has 1 fully saturated rings. The number of rotatable bonds is 8. The summed E-state index contributed by atoms with van der Waals surface area (Å²) in [6.07, 6.45) is -4.70. The number of halogens is 4. The molecule has 3 nitrogen and oxygen atoms in total. The minimum Gasteiger partial charge on any atom is -0.389 e. The Morgan fingerprint density at radius 1 is 1.04 bits per heavy atom. The summed E-state index contributed by atoms with van der Waals surface area (Å²) in [6, 6.07) is 12.0. The van der Waals surface area contributed by atoms with Crippen molar-refractivity contribution in [2.24, 2.45) is 5.92 Å². The van der Waals surface area contributed by atoms with Gasteiger partial charge in [0.1, 0.15) is 5.82 Å². The molecule has 1 N–H and O–H groups in total. The van der Waals surface area contributed by atoms with E-state index in [1.165, 1.54) is 18.2 Å². The smallest absolute Gasteiger partial charge is 0.389 e. The monoisotopic (exact) mass is 397 g/mol. The molecule has 0 radical (unpaired) electrons. The lowest BCUT2D eigenvalue weighted by atomic mass is 9.89. The molecule has 1 aliphatic rings. The summed E-state index contributed by atoms with van der Waals surface area (Å²) in [5, 5.41) is 10.0. The molecule has 1 saturated heterocycles. The Bertz CT molecular complexity index is 775. The van der Waals surface area contributed by atoms with Gasteiger partial charge in [-0.05, 0) is 30.0 Å². The fraction of sp³-hybridized carbons (Fsp3) is 0.429. The molecule has 0 bridgehead atoms. The highest BCUT2D eigenvalue weighted by Gasteiger charge is 2.35. The molecule has 0 amide bonds. The van der Waals surface area contributed by atoms with E-state index < -0.39 is 17.8 Å². The first kappa shape index (κ1) is 20.8. The van der Waals surface area contributed by atoms with Crippen LogP contribution in [0, 0.1) is 11.7 Å². The zero-order valence-corrected chi connectivity index (χ0v) is 15.3. The van der Waals surface area contributed by atoms with Crippen molar-refractivity contribution in [2.45, 2.75) is 25.3 Å². The Labute approximate surface area is 161 Å². The lowest BCUT2D eigenvalue weighted by Gasteiger charge is -2.40. The second-order valence-corrected chi connectivity index (χ2v) is 7.20. The number of hydrogen-bond donors (Lipinski definition) is 1. The molecular weight excluding hydrogens is 374 g/mol. The van der Waals surface area contributed by atoms with Crippen LogP contribution >= 0.6 is 0 Å². The van der Waals surface area contributed by atoms with Crippen LogP contribution in [0.1, 0.15) is 16.7 Å². The Kier molecular flexibility index (Phi) is 6.69. The zero-order chi connectivity index (χ0) is 20.1. The van der Waals surface area contributed by atoms with E-state index in [0.717, 1.165) is 6.07 Å². The van der Waals surface area contributed by atoms with Crippen LogP contribution in [0.5, 0.6) is 0 Å². The van der Waals surface area contributed by atoms with Crippen molar-refractivity contribution < 1.29 is 27.4 Å². The molecule has 2 aromatic rings. The summed E-state index contributed by atoms with van der Waals surface area (Å²) in [5.74, 6) is -0.211. The fourth-order valence-electron chi connectivity index (χ4n) is 3.51. The van der Waals surface area contributed by atoms with Gasteiger partial charge in [-0.2, -0.15) is 13.2 Å². The van der Waals surface area contributed by atoms with Crippen LogP contribution in [0.4, 0.5) is 17.6 Å². The second kappa shape index (κ2) is 9.03. The lowest BCUT2D eigenvalue weighted by Crippen LogP contribution is -2.51. The minimum absolute atomic E-state index is 0.0758. The Hall–Kier alpha value is -1.96. The number of β-amino-alcohol motifs (C(OH)–C–C–N with tert-alkyl or cyclic N) is 1. The number of hydrogen-bond acceptors (Lipinski definition) is 3. The van der Waals surface area contributed by atoms with Crippen molar-refractivity contribution in [3.63, 3.8) is 0 Å². The number of nitrogens with zero attached hydrogens (tertiary/aromatic N) is 1. The predicted molar refractivity (Wildman–Crippen MR) is 97.1 cm³/mol. The van der Waals surface area contributed by atoms with Crippen molar-refractivity contribution in [1.29, 1.82) is 0 Å². The topological polar surface area (TPSA) is 32.7 Å². The molecule has 0 aromatic heterocycles. The van der Waals surface area contributed by atoms with Gasteiger partial charge >= 0.3 is 6.18 Å². The van der Waals surface area contributed by atoms with Gasteiger partial charge in [0.25, 0.3) is 0 Å². The number of likely N-dealkylation sites (tertiary alicyclic amines) is 1. The van der Waals surface area contributed by atoms with Crippen molar-refractivity contribution in [3.05, 3.63) is 71.0 Å². The summed E-state index contributed by atoms with van der Waals surface area (Å²) < 4.78 is 58.0. The van der Waals surface area contributed by atoms with Crippen molar-refractivity contribution >= 4 is 0 Å². The summed E-state index contributed by atoms with van der Waals surface area (Å²) >= 11 is 0. The Balaban J connectivity index is 1.38. The van der Waals surface area contributed by atoms with Gasteiger partial charge in [-0.15, -0.1) is 0 Å². The summed E-state index contributed by atoms with van der Waals surface area (Å²) in [7, 11) is 0. The van der Waals surface area contributed by atoms with E-state index in [9.17, 15) is 22.7 Å². The summed E-state index contributed by atoms with van der Waals surface area (Å²) in [5.41, 5.74) is 0.172. The highest BCUT2D eigenvalue weighted by molar-refractivity contribution is 5.30. The highest BCUT2D eigenvalue weighted by Crippen LogP contribution is 2.34. The Morgan fingerprint density at radius 3 is 2.36 bits per heavy atom. The molecule has 2 aromatic carbocycles. The first-order valence-corrected chi connectivity index (χ1v) is 9.19. The normalized spacial score (nSPS) is 16.8. The molecule has 1 atom stereocenters. The second-order valence-electron chi connectivity index (χ2n) is 7.20. The molecule has 7 heteroatoms. The van der Waals surface area contributed by atoms with Gasteiger partial charge in [-0.1, -0.05) is 36.4 Å². The third-order valence-corrected chi connectivity index (χ3v) is 4.86. The standard InChI is InChI=1S/C21H23F4NO2/c22-20-8-4-2-6-17(20)13-28-14-18(27)12-26-10-15(11-26)9-16-5-1-3-7-19(16)21(23,24)25/h1-8,15,18,27H,9-14H2/t18-/m0/s1. The van der Waals surface area contributed by atoms with E-state index >= 15 is 0 Å². The van der Waals surface area contributed by atoms with E-state index in [-0.39, 0.29) is 24.9 Å². The van der Waals surface area contributed by atoms with Crippen LogP contribution in [0.15, 0.2) is 48.5 Å². The van der Waals surface area contributed by atoms with E-state index in [1.54, 1.807) is 24.3 Å².